The lowest BCUT2D eigenvalue weighted by molar-refractivity contribution is -0.139. The number of thiazole rings is 1. The maximum absolute atomic E-state index is 13.9. The van der Waals surface area contributed by atoms with E-state index in [-0.39, 0.29) is 12.2 Å². The van der Waals surface area contributed by atoms with Crippen molar-refractivity contribution in [2.24, 2.45) is 4.99 Å². The number of aromatic nitrogens is 1. The Morgan fingerprint density at radius 1 is 1.00 bits per heavy atom. The van der Waals surface area contributed by atoms with Gasteiger partial charge < -0.3 is 18.9 Å². The summed E-state index contributed by atoms with van der Waals surface area (Å²) in [6.45, 7) is 4.15. The molecule has 0 fully saturated rings. The fraction of sp³-hybridized carbons (Fsp3) is 0.219. The number of fused-ring (bicyclic) bond motifs is 1. The van der Waals surface area contributed by atoms with E-state index in [0.717, 1.165) is 16.7 Å². The summed E-state index contributed by atoms with van der Waals surface area (Å²) in [6.07, 6.45) is 1.78. The molecule has 41 heavy (non-hydrogen) atoms. The van der Waals surface area contributed by atoms with Crippen molar-refractivity contribution >= 4 is 23.4 Å². The first-order chi connectivity index (χ1) is 19.9. The van der Waals surface area contributed by atoms with Gasteiger partial charge in [0.15, 0.2) is 16.3 Å². The van der Waals surface area contributed by atoms with Crippen molar-refractivity contribution in [1.29, 1.82) is 0 Å². The number of esters is 1. The molecule has 1 aromatic heterocycles. The second-order valence-electron chi connectivity index (χ2n) is 9.26. The van der Waals surface area contributed by atoms with Crippen LogP contribution in [0, 0.1) is 0 Å². The van der Waals surface area contributed by atoms with E-state index >= 15 is 0 Å². The zero-order chi connectivity index (χ0) is 28.9. The molecule has 3 aromatic carbocycles. The molecule has 0 aliphatic carbocycles. The van der Waals surface area contributed by atoms with E-state index in [0.29, 0.717) is 44.5 Å². The van der Waals surface area contributed by atoms with Crippen LogP contribution in [0.25, 0.3) is 6.08 Å². The summed E-state index contributed by atoms with van der Waals surface area (Å²) in [5.74, 6) is 1.33. The Balaban J connectivity index is 1.56. The number of carbonyl (C=O) groups is 1. The third kappa shape index (κ3) is 5.81. The molecule has 4 aromatic rings. The van der Waals surface area contributed by atoms with Crippen molar-refractivity contribution in [3.8, 4) is 17.2 Å². The molecule has 0 saturated carbocycles. The van der Waals surface area contributed by atoms with Crippen molar-refractivity contribution in [2.75, 3.05) is 20.8 Å². The van der Waals surface area contributed by atoms with Gasteiger partial charge in [-0.25, -0.2) is 9.79 Å². The van der Waals surface area contributed by atoms with Crippen LogP contribution in [0.2, 0.25) is 0 Å². The van der Waals surface area contributed by atoms with E-state index in [1.807, 2.05) is 60.7 Å². The molecule has 0 N–H and O–H groups in total. The maximum atomic E-state index is 13.9. The number of carbonyl (C=O) groups excluding carboxylic acids is 1. The van der Waals surface area contributed by atoms with Gasteiger partial charge >= 0.3 is 5.97 Å². The fourth-order valence-electron chi connectivity index (χ4n) is 4.69. The topological polar surface area (TPSA) is 88.4 Å². The first-order valence-electron chi connectivity index (χ1n) is 13.1. The maximum Gasteiger partial charge on any atom is 0.338 e. The van der Waals surface area contributed by atoms with Crippen LogP contribution in [0.3, 0.4) is 0 Å². The smallest absolute Gasteiger partial charge is 0.338 e. The van der Waals surface area contributed by atoms with E-state index in [1.54, 1.807) is 50.8 Å². The number of nitrogens with zero attached hydrogens (tertiary/aromatic N) is 2. The lowest BCUT2D eigenvalue weighted by Crippen LogP contribution is -2.39. The molecule has 1 unspecified atom stereocenters. The average molecular weight is 571 g/mol. The molecule has 8 nitrogen and oxygen atoms in total. The average Bonchev–Trinajstić information content (AvgIpc) is 3.29. The molecule has 0 radical (unpaired) electrons. The molecule has 1 aliphatic heterocycles. The standard InChI is InChI=1S/C32H30N2O6S/c1-5-39-31(36)28-20(2)33-32-34(30(35)27(41-32)18-22-11-16-25(37-3)26(17-22)38-4)29(28)23-12-14-24(15-13-23)40-19-21-9-7-6-8-10-21/h6-18,29H,5,19H2,1-4H3. The normalized spacial score (nSPS) is 14.7. The fourth-order valence-corrected chi connectivity index (χ4v) is 5.73. The van der Waals surface area contributed by atoms with Gasteiger partial charge in [0, 0.05) is 0 Å². The summed E-state index contributed by atoms with van der Waals surface area (Å²) in [7, 11) is 3.13. The van der Waals surface area contributed by atoms with Crippen LogP contribution in [0.5, 0.6) is 17.2 Å². The first-order valence-corrected chi connectivity index (χ1v) is 13.9. The number of rotatable bonds is 9. The Hall–Kier alpha value is -4.63. The van der Waals surface area contributed by atoms with Crippen LogP contribution in [0.1, 0.15) is 36.6 Å². The van der Waals surface area contributed by atoms with E-state index in [1.165, 1.54) is 11.3 Å². The predicted molar refractivity (Wildman–Crippen MR) is 157 cm³/mol. The second-order valence-corrected chi connectivity index (χ2v) is 10.3. The van der Waals surface area contributed by atoms with Crippen LogP contribution in [-0.4, -0.2) is 31.4 Å². The molecule has 0 amide bonds. The minimum Gasteiger partial charge on any atom is -0.493 e. The van der Waals surface area contributed by atoms with Crippen molar-refractivity contribution in [1.82, 2.24) is 4.57 Å². The minimum absolute atomic E-state index is 0.207. The van der Waals surface area contributed by atoms with Crippen LogP contribution in [0.4, 0.5) is 0 Å². The molecule has 0 saturated heterocycles. The zero-order valence-corrected chi connectivity index (χ0v) is 24.1. The molecule has 2 heterocycles. The van der Waals surface area contributed by atoms with Gasteiger partial charge in [0.1, 0.15) is 12.4 Å². The van der Waals surface area contributed by atoms with Crippen LogP contribution in [0.15, 0.2) is 93.9 Å². The first kappa shape index (κ1) is 27.9. The lowest BCUT2D eigenvalue weighted by Gasteiger charge is -2.24. The molecule has 210 valence electrons. The summed E-state index contributed by atoms with van der Waals surface area (Å²) in [5.41, 5.74) is 3.15. The monoisotopic (exact) mass is 570 g/mol. The van der Waals surface area contributed by atoms with Gasteiger partial charge in [-0.1, -0.05) is 59.9 Å². The quantitative estimate of drug-likeness (QED) is 0.277. The second kappa shape index (κ2) is 12.3. The number of benzene rings is 3. The Bertz CT molecular complexity index is 1770. The van der Waals surface area contributed by atoms with E-state index in [9.17, 15) is 9.59 Å². The Morgan fingerprint density at radius 2 is 1.73 bits per heavy atom. The van der Waals surface area contributed by atoms with Gasteiger partial charge in [-0.15, -0.1) is 0 Å². The SMILES string of the molecule is CCOC(=O)C1=C(C)N=c2sc(=Cc3ccc(OC)c(OC)c3)c(=O)n2C1c1ccc(OCc2ccccc2)cc1. The number of allylic oxidation sites excluding steroid dienone is 1. The van der Waals surface area contributed by atoms with Crippen molar-refractivity contribution in [3.05, 3.63) is 120 Å². The predicted octanol–water partition coefficient (Wildman–Crippen LogP) is 4.39. The Kier molecular flexibility index (Phi) is 8.35. The van der Waals surface area contributed by atoms with Crippen LogP contribution in [-0.2, 0) is 16.1 Å². The largest absolute Gasteiger partial charge is 0.493 e. The highest BCUT2D eigenvalue weighted by atomic mass is 32.1. The van der Waals surface area contributed by atoms with Gasteiger partial charge in [-0.3, -0.25) is 9.36 Å². The summed E-state index contributed by atoms with van der Waals surface area (Å²) < 4.78 is 24.1. The van der Waals surface area contributed by atoms with Gasteiger partial charge in [0.25, 0.3) is 5.56 Å². The van der Waals surface area contributed by atoms with Crippen molar-refractivity contribution in [3.63, 3.8) is 0 Å². The number of ether oxygens (including phenoxy) is 4. The van der Waals surface area contributed by atoms with Crippen molar-refractivity contribution < 1.29 is 23.7 Å². The number of hydrogen-bond acceptors (Lipinski definition) is 8. The Labute approximate surface area is 241 Å². The summed E-state index contributed by atoms with van der Waals surface area (Å²) in [6, 6.07) is 22.1. The zero-order valence-electron chi connectivity index (χ0n) is 23.2. The van der Waals surface area contributed by atoms with Crippen LogP contribution >= 0.6 is 11.3 Å². The number of methoxy groups -OCH3 is 2. The van der Waals surface area contributed by atoms with Crippen molar-refractivity contribution in [2.45, 2.75) is 26.5 Å². The van der Waals surface area contributed by atoms with Gasteiger partial charge in [0.05, 0.1) is 42.7 Å². The highest BCUT2D eigenvalue weighted by Gasteiger charge is 2.33. The highest BCUT2D eigenvalue weighted by Crippen LogP contribution is 2.32. The van der Waals surface area contributed by atoms with E-state index < -0.39 is 12.0 Å². The molecule has 1 atom stereocenters. The Morgan fingerprint density at radius 3 is 2.41 bits per heavy atom. The molecule has 9 heteroatoms. The third-order valence-electron chi connectivity index (χ3n) is 6.67. The minimum atomic E-state index is -0.707. The summed E-state index contributed by atoms with van der Waals surface area (Å²) >= 11 is 1.26. The molecule has 0 bridgehead atoms. The van der Waals surface area contributed by atoms with Gasteiger partial charge in [0.2, 0.25) is 0 Å². The molecular formula is C32H30N2O6S. The lowest BCUT2D eigenvalue weighted by atomic mass is 9.96. The highest BCUT2D eigenvalue weighted by molar-refractivity contribution is 7.07. The molecule has 0 spiro atoms. The summed E-state index contributed by atoms with van der Waals surface area (Å²) in [5, 5.41) is 0. The molecule has 5 rings (SSSR count). The van der Waals surface area contributed by atoms with E-state index in [2.05, 4.69) is 4.99 Å². The number of hydrogen-bond donors (Lipinski definition) is 0. The molecule has 1 aliphatic rings. The third-order valence-corrected chi connectivity index (χ3v) is 7.65. The van der Waals surface area contributed by atoms with E-state index in [4.69, 9.17) is 18.9 Å². The molecular weight excluding hydrogens is 540 g/mol. The van der Waals surface area contributed by atoms with Gasteiger partial charge in [-0.05, 0) is 60.9 Å². The van der Waals surface area contributed by atoms with Crippen LogP contribution < -0.4 is 29.1 Å². The summed E-state index contributed by atoms with van der Waals surface area (Å²) in [4.78, 5) is 32.2. The van der Waals surface area contributed by atoms with Gasteiger partial charge in [-0.2, -0.15) is 0 Å².